The molecule has 2 saturated heterocycles. The third-order valence-electron chi connectivity index (χ3n) is 3.45. The zero-order valence-corrected chi connectivity index (χ0v) is 10.4. The van der Waals surface area contributed by atoms with E-state index < -0.39 is 0 Å². The number of nitrogens with zero attached hydrogens (tertiary/aromatic N) is 2. The summed E-state index contributed by atoms with van der Waals surface area (Å²) in [5.41, 5.74) is -0.106. The summed E-state index contributed by atoms with van der Waals surface area (Å²) in [6, 6.07) is 0. The molecule has 4 heteroatoms. The molecule has 0 N–H and O–H groups in total. The van der Waals surface area contributed by atoms with Gasteiger partial charge in [0.15, 0.2) is 0 Å². The Labute approximate surface area is 88.1 Å². The van der Waals surface area contributed by atoms with Crippen molar-refractivity contribution in [3.8, 4) is 0 Å². The fourth-order valence-electron chi connectivity index (χ4n) is 2.99. The zero-order chi connectivity index (χ0) is 10.6. The van der Waals surface area contributed by atoms with Gasteiger partial charge in [-0.25, -0.2) is 0 Å². The van der Waals surface area contributed by atoms with Gasteiger partial charge in [0.05, 0.1) is 5.54 Å². The Bertz CT molecular complexity index is 279. The Morgan fingerprint density at radius 3 is 2.57 bits per heavy atom. The predicted octanol–water partition coefficient (Wildman–Crippen LogP) is 1.11. The van der Waals surface area contributed by atoms with Crippen molar-refractivity contribution in [1.82, 2.24) is 9.57 Å². The molecule has 0 aliphatic carbocycles. The normalized spacial score (nSPS) is 37.4. The second-order valence-electron chi connectivity index (χ2n) is 5.48. The van der Waals surface area contributed by atoms with Crippen molar-refractivity contribution in [3.63, 3.8) is 0 Å². The first kappa shape index (κ1) is 10.4. The molecule has 2 heterocycles. The number of carbonyl (C=O) groups is 1. The van der Waals surface area contributed by atoms with E-state index in [1.807, 2.05) is 0 Å². The van der Waals surface area contributed by atoms with E-state index in [2.05, 4.69) is 39.7 Å². The lowest BCUT2D eigenvalue weighted by Crippen LogP contribution is -2.56. The molecule has 2 fully saturated rings. The second-order valence-corrected chi connectivity index (χ2v) is 6.22. The van der Waals surface area contributed by atoms with Crippen molar-refractivity contribution in [2.45, 2.75) is 32.7 Å². The molecular weight excluding hydrogens is 195 g/mol. The lowest BCUT2D eigenvalue weighted by molar-refractivity contribution is -0.138. The molecule has 0 aromatic rings. The summed E-state index contributed by atoms with van der Waals surface area (Å²) in [5.74, 6) is 0.332. The first-order valence-corrected chi connectivity index (χ1v) is 5.69. The summed E-state index contributed by atoms with van der Waals surface area (Å²) in [6.45, 7) is 9.16. The SMILES string of the molecule is CC1(C)CC2(C)CN(P)CCN2C1=O. The lowest BCUT2D eigenvalue weighted by atomic mass is 9.84. The van der Waals surface area contributed by atoms with Crippen LogP contribution in [0.2, 0.25) is 0 Å². The number of rotatable bonds is 0. The van der Waals surface area contributed by atoms with Crippen LogP contribution in [0.4, 0.5) is 0 Å². The highest BCUT2D eigenvalue weighted by Crippen LogP contribution is 2.44. The van der Waals surface area contributed by atoms with Gasteiger partial charge >= 0.3 is 0 Å². The molecule has 0 bridgehead atoms. The predicted molar refractivity (Wildman–Crippen MR) is 59.8 cm³/mol. The number of piperazine rings is 1. The number of hydrogen-bond acceptors (Lipinski definition) is 2. The minimum Gasteiger partial charge on any atom is -0.334 e. The molecule has 3 nitrogen and oxygen atoms in total. The van der Waals surface area contributed by atoms with Crippen LogP contribution in [0.3, 0.4) is 0 Å². The summed E-state index contributed by atoms with van der Waals surface area (Å²) in [6.07, 6.45) is 0.976. The second kappa shape index (κ2) is 2.93. The summed E-state index contributed by atoms with van der Waals surface area (Å²) in [4.78, 5) is 14.2. The number of fused-ring (bicyclic) bond motifs is 1. The molecule has 0 aromatic carbocycles. The molecule has 0 spiro atoms. The molecule has 0 saturated carbocycles. The standard InChI is InChI=1S/C10H19N2OP/c1-9(2)6-10(3)7-11(14)4-5-12(10)8(9)13/h4-7,14H2,1-3H3. The maximum absolute atomic E-state index is 12.1. The molecular formula is C10H19N2OP. The van der Waals surface area contributed by atoms with Gasteiger partial charge in [-0.05, 0) is 13.3 Å². The molecule has 2 rings (SSSR count). The van der Waals surface area contributed by atoms with Crippen LogP contribution in [0.1, 0.15) is 27.2 Å². The highest BCUT2D eigenvalue weighted by Gasteiger charge is 2.53. The zero-order valence-electron chi connectivity index (χ0n) is 9.21. The minimum atomic E-state index is -0.162. The summed E-state index contributed by atoms with van der Waals surface area (Å²) in [7, 11) is 2.75. The van der Waals surface area contributed by atoms with Gasteiger partial charge < -0.3 is 4.90 Å². The first-order chi connectivity index (χ1) is 6.35. The van der Waals surface area contributed by atoms with E-state index in [0.717, 1.165) is 26.1 Å². The fraction of sp³-hybridized carbons (Fsp3) is 0.900. The number of carbonyl (C=O) groups excluding carboxylic acids is 1. The smallest absolute Gasteiger partial charge is 0.228 e. The van der Waals surface area contributed by atoms with Gasteiger partial charge in [0.1, 0.15) is 0 Å². The van der Waals surface area contributed by atoms with E-state index in [1.54, 1.807) is 0 Å². The Kier molecular flexibility index (Phi) is 2.17. The maximum Gasteiger partial charge on any atom is 0.228 e. The topological polar surface area (TPSA) is 23.6 Å². The quantitative estimate of drug-likeness (QED) is 0.564. The van der Waals surface area contributed by atoms with Gasteiger partial charge in [0.2, 0.25) is 5.91 Å². The molecule has 1 amide bonds. The number of amides is 1. The average Bonchev–Trinajstić information content (AvgIpc) is 2.17. The van der Waals surface area contributed by atoms with Crippen molar-refractivity contribution < 1.29 is 4.79 Å². The molecule has 2 unspecified atom stereocenters. The Hall–Kier alpha value is -0.140. The van der Waals surface area contributed by atoms with E-state index in [-0.39, 0.29) is 11.0 Å². The summed E-state index contributed by atoms with van der Waals surface area (Å²) < 4.78 is 2.24. The van der Waals surface area contributed by atoms with Crippen LogP contribution in [-0.2, 0) is 4.79 Å². The molecule has 2 aliphatic rings. The van der Waals surface area contributed by atoms with Crippen LogP contribution in [0.15, 0.2) is 0 Å². The van der Waals surface area contributed by atoms with Gasteiger partial charge in [-0.15, -0.1) is 0 Å². The first-order valence-electron chi connectivity index (χ1n) is 5.17. The van der Waals surface area contributed by atoms with E-state index in [1.165, 1.54) is 0 Å². The molecule has 0 aromatic heterocycles. The Morgan fingerprint density at radius 1 is 1.29 bits per heavy atom. The van der Waals surface area contributed by atoms with Crippen LogP contribution in [0.5, 0.6) is 0 Å². The van der Waals surface area contributed by atoms with Crippen molar-refractivity contribution in [1.29, 1.82) is 0 Å². The minimum absolute atomic E-state index is 0.0561. The summed E-state index contributed by atoms with van der Waals surface area (Å²) in [5, 5.41) is 0. The van der Waals surface area contributed by atoms with E-state index in [4.69, 9.17) is 0 Å². The number of hydrogen-bond donors (Lipinski definition) is 0. The lowest BCUT2D eigenvalue weighted by Gasteiger charge is -2.43. The van der Waals surface area contributed by atoms with E-state index >= 15 is 0 Å². The molecule has 2 aliphatic heterocycles. The van der Waals surface area contributed by atoms with Crippen LogP contribution in [0, 0.1) is 5.41 Å². The van der Waals surface area contributed by atoms with Crippen LogP contribution in [0.25, 0.3) is 0 Å². The van der Waals surface area contributed by atoms with Crippen LogP contribution in [-0.4, -0.2) is 40.7 Å². The average molecular weight is 214 g/mol. The third-order valence-corrected chi connectivity index (χ3v) is 3.89. The monoisotopic (exact) mass is 214 g/mol. The van der Waals surface area contributed by atoms with Gasteiger partial charge in [-0.3, -0.25) is 9.46 Å². The molecule has 80 valence electrons. The maximum atomic E-state index is 12.1. The van der Waals surface area contributed by atoms with Crippen molar-refractivity contribution in [2.24, 2.45) is 5.41 Å². The summed E-state index contributed by atoms with van der Waals surface area (Å²) >= 11 is 0. The van der Waals surface area contributed by atoms with Crippen molar-refractivity contribution >= 4 is 15.3 Å². The highest BCUT2D eigenvalue weighted by atomic mass is 31.0. The van der Waals surface area contributed by atoms with Gasteiger partial charge in [0, 0.05) is 25.0 Å². The molecule has 2 atom stereocenters. The van der Waals surface area contributed by atoms with E-state index in [9.17, 15) is 4.79 Å². The fourth-order valence-corrected chi connectivity index (χ4v) is 3.50. The van der Waals surface area contributed by atoms with Gasteiger partial charge in [0.25, 0.3) is 0 Å². The largest absolute Gasteiger partial charge is 0.334 e. The highest BCUT2D eigenvalue weighted by molar-refractivity contribution is 7.13. The van der Waals surface area contributed by atoms with Crippen LogP contribution >= 0.6 is 9.39 Å². The van der Waals surface area contributed by atoms with Crippen LogP contribution < -0.4 is 0 Å². The molecule has 14 heavy (non-hydrogen) atoms. The third kappa shape index (κ3) is 1.38. The Morgan fingerprint density at radius 2 is 1.93 bits per heavy atom. The van der Waals surface area contributed by atoms with Gasteiger partial charge in [-0.2, -0.15) is 0 Å². The Balaban J connectivity index is 2.29. The van der Waals surface area contributed by atoms with Crippen molar-refractivity contribution in [2.75, 3.05) is 19.6 Å². The molecule has 0 radical (unpaired) electrons. The van der Waals surface area contributed by atoms with E-state index in [0.29, 0.717) is 5.91 Å². The van der Waals surface area contributed by atoms with Gasteiger partial charge in [-0.1, -0.05) is 23.2 Å². The van der Waals surface area contributed by atoms with Crippen molar-refractivity contribution in [3.05, 3.63) is 0 Å².